The van der Waals surface area contributed by atoms with Gasteiger partial charge in [-0.15, -0.1) is 0 Å². The highest BCUT2D eigenvalue weighted by molar-refractivity contribution is 5.97. The number of ether oxygens (including phenoxy) is 1. The van der Waals surface area contributed by atoms with Crippen molar-refractivity contribution in [2.45, 2.75) is 19.4 Å². The minimum absolute atomic E-state index is 0.378. The summed E-state index contributed by atoms with van der Waals surface area (Å²) >= 11 is 0. The minimum atomic E-state index is -0.421. The van der Waals surface area contributed by atoms with Crippen molar-refractivity contribution < 1.29 is 13.9 Å². The second-order valence-electron chi connectivity index (χ2n) is 4.93. The number of benzene rings is 1. The first-order valence-corrected chi connectivity index (χ1v) is 6.47. The summed E-state index contributed by atoms with van der Waals surface area (Å²) in [6.07, 6.45) is 1.09. The smallest absolute Gasteiger partial charge is 0.337 e. The van der Waals surface area contributed by atoms with Crippen molar-refractivity contribution in [1.29, 1.82) is 5.26 Å². The predicted molar refractivity (Wildman–Crippen MR) is 73.7 cm³/mol. The van der Waals surface area contributed by atoms with E-state index in [0.717, 1.165) is 13.0 Å². The predicted octanol–water partition coefficient (Wildman–Crippen LogP) is 2.69. The van der Waals surface area contributed by atoms with Gasteiger partial charge >= 0.3 is 5.97 Å². The van der Waals surface area contributed by atoms with E-state index in [2.05, 4.69) is 17.9 Å². The normalized spacial score (nSPS) is 17.6. The summed E-state index contributed by atoms with van der Waals surface area (Å²) in [5, 5.41) is 10.1. The largest absolute Gasteiger partial charge is 0.465 e. The van der Waals surface area contributed by atoms with E-state index in [0.29, 0.717) is 34.0 Å². The number of furan rings is 1. The Bertz CT molecular complexity index is 727. The summed E-state index contributed by atoms with van der Waals surface area (Å²) in [4.78, 5) is 13.6. The van der Waals surface area contributed by atoms with Crippen molar-refractivity contribution in [3.05, 3.63) is 29.3 Å². The fourth-order valence-electron chi connectivity index (χ4n) is 2.46. The highest BCUT2D eigenvalue weighted by atomic mass is 16.5. The van der Waals surface area contributed by atoms with Crippen LogP contribution in [-0.4, -0.2) is 25.7 Å². The summed E-state index contributed by atoms with van der Waals surface area (Å²) < 4.78 is 10.5. The lowest BCUT2D eigenvalue weighted by molar-refractivity contribution is 0.0601. The Morgan fingerprint density at radius 1 is 1.55 bits per heavy atom. The van der Waals surface area contributed by atoms with Gasteiger partial charge in [0.15, 0.2) is 0 Å². The van der Waals surface area contributed by atoms with Gasteiger partial charge in [-0.2, -0.15) is 5.26 Å². The molecule has 5 nitrogen and oxygen atoms in total. The molecule has 2 aromatic rings. The van der Waals surface area contributed by atoms with Gasteiger partial charge < -0.3 is 14.1 Å². The van der Waals surface area contributed by atoms with Crippen LogP contribution in [0.3, 0.4) is 0 Å². The number of fused-ring (bicyclic) bond motifs is 1. The van der Waals surface area contributed by atoms with Crippen LogP contribution in [0.25, 0.3) is 11.0 Å². The number of rotatable bonds is 2. The molecule has 1 aromatic heterocycles. The van der Waals surface area contributed by atoms with Gasteiger partial charge in [-0.25, -0.2) is 4.79 Å². The van der Waals surface area contributed by atoms with Crippen molar-refractivity contribution >= 4 is 22.8 Å². The maximum absolute atomic E-state index is 11.6. The fraction of sp³-hybridized carbons (Fsp3) is 0.333. The van der Waals surface area contributed by atoms with Crippen LogP contribution in [0.4, 0.5) is 5.88 Å². The maximum atomic E-state index is 11.6. The van der Waals surface area contributed by atoms with Crippen molar-refractivity contribution in [2.24, 2.45) is 0 Å². The third kappa shape index (κ3) is 1.73. The van der Waals surface area contributed by atoms with Crippen molar-refractivity contribution in [2.75, 3.05) is 18.6 Å². The number of hydrogen-bond acceptors (Lipinski definition) is 5. The highest BCUT2D eigenvalue weighted by Gasteiger charge is 2.30. The molecule has 5 heteroatoms. The number of methoxy groups -OCH3 is 1. The highest BCUT2D eigenvalue weighted by Crippen LogP contribution is 2.36. The number of anilines is 1. The Balaban J connectivity index is 2.15. The first kappa shape index (κ1) is 12.5. The van der Waals surface area contributed by atoms with Crippen molar-refractivity contribution in [3.8, 4) is 6.07 Å². The van der Waals surface area contributed by atoms with Crippen LogP contribution in [0.5, 0.6) is 0 Å². The zero-order chi connectivity index (χ0) is 14.3. The Hall–Kier alpha value is -2.48. The Morgan fingerprint density at radius 3 is 2.90 bits per heavy atom. The molecule has 102 valence electrons. The van der Waals surface area contributed by atoms with Gasteiger partial charge in [0.2, 0.25) is 5.88 Å². The Morgan fingerprint density at radius 2 is 2.35 bits per heavy atom. The Kier molecular flexibility index (Phi) is 2.87. The second-order valence-corrected chi connectivity index (χ2v) is 4.93. The zero-order valence-corrected chi connectivity index (χ0v) is 11.3. The summed E-state index contributed by atoms with van der Waals surface area (Å²) in [6, 6.07) is 7.56. The maximum Gasteiger partial charge on any atom is 0.337 e. The van der Waals surface area contributed by atoms with E-state index in [1.165, 1.54) is 7.11 Å². The lowest BCUT2D eigenvalue weighted by Gasteiger charge is -2.38. The molecule has 0 N–H and O–H groups in total. The number of nitriles is 1. The van der Waals surface area contributed by atoms with Gasteiger partial charge in [0, 0.05) is 18.0 Å². The van der Waals surface area contributed by atoms with E-state index in [1.807, 2.05) is 0 Å². The SMILES string of the molecule is COC(=O)c1ccc2oc(N3CCC3C)c(C#N)c2c1. The molecule has 1 aliphatic rings. The van der Waals surface area contributed by atoms with Gasteiger partial charge in [0.1, 0.15) is 17.2 Å². The standard InChI is InChI=1S/C15H14N2O3/c1-9-5-6-17(9)14-12(8-16)11-7-10(15(18)19-2)3-4-13(11)20-14/h3-4,7,9H,5-6H2,1-2H3. The number of nitrogens with zero attached hydrogens (tertiary/aromatic N) is 2. The zero-order valence-electron chi connectivity index (χ0n) is 11.3. The Labute approximate surface area is 116 Å². The van der Waals surface area contributed by atoms with Crippen LogP contribution in [0.1, 0.15) is 29.3 Å². The minimum Gasteiger partial charge on any atom is -0.465 e. The summed E-state index contributed by atoms with van der Waals surface area (Å²) in [5.41, 5.74) is 1.51. The van der Waals surface area contributed by atoms with E-state index in [4.69, 9.17) is 9.15 Å². The van der Waals surface area contributed by atoms with Crippen LogP contribution in [0.2, 0.25) is 0 Å². The molecule has 1 aliphatic heterocycles. The molecule has 1 atom stereocenters. The molecule has 0 amide bonds. The van der Waals surface area contributed by atoms with Gasteiger partial charge in [-0.1, -0.05) is 0 Å². The molecule has 2 heterocycles. The average Bonchev–Trinajstić information content (AvgIpc) is 2.81. The van der Waals surface area contributed by atoms with E-state index in [9.17, 15) is 10.1 Å². The second kappa shape index (κ2) is 4.57. The number of carbonyl (C=O) groups excluding carboxylic acids is 1. The van der Waals surface area contributed by atoms with E-state index in [1.54, 1.807) is 18.2 Å². The molecule has 3 rings (SSSR count). The molecule has 0 radical (unpaired) electrons. The molecule has 0 bridgehead atoms. The van der Waals surface area contributed by atoms with Crippen LogP contribution < -0.4 is 4.90 Å². The lowest BCUT2D eigenvalue weighted by atomic mass is 10.0. The average molecular weight is 270 g/mol. The first-order valence-electron chi connectivity index (χ1n) is 6.47. The molecule has 0 saturated carbocycles. The molecule has 1 fully saturated rings. The van der Waals surface area contributed by atoms with Crippen LogP contribution in [0.15, 0.2) is 22.6 Å². The van der Waals surface area contributed by atoms with Crippen molar-refractivity contribution in [3.63, 3.8) is 0 Å². The number of hydrogen-bond donors (Lipinski definition) is 0. The number of esters is 1. The molecule has 0 spiro atoms. The lowest BCUT2D eigenvalue weighted by Crippen LogP contribution is -2.45. The fourth-order valence-corrected chi connectivity index (χ4v) is 2.46. The van der Waals surface area contributed by atoms with E-state index < -0.39 is 5.97 Å². The van der Waals surface area contributed by atoms with Crippen LogP contribution in [0, 0.1) is 11.3 Å². The third-order valence-corrected chi connectivity index (χ3v) is 3.78. The summed E-state index contributed by atoms with van der Waals surface area (Å²) in [6.45, 7) is 2.98. The van der Waals surface area contributed by atoms with Gasteiger partial charge in [-0.05, 0) is 31.5 Å². The molecule has 1 aromatic carbocycles. The molecule has 1 saturated heterocycles. The quantitative estimate of drug-likeness (QED) is 0.785. The molecule has 20 heavy (non-hydrogen) atoms. The van der Waals surface area contributed by atoms with Gasteiger partial charge in [0.25, 0.3) is 0 Å². The van der Waals surface area contributed by atoms with E-state index >= 15 is 0 Å². The molecule has 1 unspecified atom stereocenters. The van der Waals surface area contributed by atoms with Crippen LogP contribution in [-0.2, 0) is 4.74 Å². The summed E-state index contributed by atoms with van der Waals surface area (Å²) in [7, 11) is 1.33. The number of carbonyl (C=O) groups is 1. The molecular weight excluding hydrogens is 256 g/mol. The molecular formula is C15H14N2O3. The first-order chi connectivity index (χ1) is 9.65. The monoisotopic (exact) mass is 270 g/mol. The van der Waals surface area contributed by atoms with Crippen molar-refractivity contribution in [1.82, 2.24) is 0 Å². The third-order valence-electron chi connectivity index (χ3n) is 3.78. The van der Waals surface area contributed by atoms with Crippen LogP contribution >= 0.6 is 0 Å². The van der Waals surface area contributed by atoms with E-state index in [-0.39, 0.29) is 0 Å². The van der Waals surface area contributed by atoms with Gasteiger partial charge in [0.05, 0.1) is 12.7 Å². The van der Waals surface area contributed by atoms with Gasteiger partial charge in [-0.3, -0.25) is 0 Å². The molecule has 0 aliphatic carbocycles. The summed E-state index contributed by atoms with van der Waals surface area (Å²) in [5.74, 6) is 0.180. The topological polar surface area (TPSA) is 66.5 Å².